The van der Waals surface area contributed by atoms with Crippen molar-refractivity contribution < 1.29 is 14.3 Å². The number of fused-ring (bicyclic) bond motifs is 4. The van der Waals surface area contributed by atoms with Gasteiger partial charge in [0.05, 0.1) is 12.6 Å². The molecule has 1 amide bonds. The molecule has 29 heavy (non-hydrogen) atoms. The van der Waals surface area contributed by atoms with E-state index in [4.69, 9.17) is 9.47 Å². The minimum atomic E-state index is -0.723. The quantitative estimate of drug-likeness (QED) is 0.751. The topological polar surface area (TPSA) is 38.8 Å². The summed E-state index contributed by atoms with van der Waals surface area (Å²) in [6.07, 6.45) is 5.58. The fourth-order valence-corrected chi connectivity index (χ4v) is 5.18. The molecule has 0 N–H and O–H groups in total. The van der Waals surface area contributed by atoms with Crippen LogP contribution in [0.4, 0.5) is 5.69 Å². The SMILES string of the molecule is CCCCc1cc2c(cc1C)OCC21C(=O)N(CC2CCCO2)c2ccccc21. The van der Waals surface area contributed by atoms with E-state index in [0.29, 0.717) is 13.2 Å². The molecular weight excluding hydrogens is 362 g/mol. The maximum absolute atomic E-state index is 13.9. The van der Waals surface area contributed by atoms with Gasteiger partial charge in [0.2, 0.25) is 5.91 Å². The zero-order valence-electron chi connectivity index (χ0n) is 17.4. The molecule has 2 atom stereocenters. The monoisotopic (exact) mass is 391 g/mol. The van der Waals surface area contributed by atoms with Crippen LogP contribution in [0.25, 0.3) is 0 Å². The van der Waals surface area contributed by atoms with Crippen molar-refractivity contribution in [1.82, 2.24) is 0 Å². The Morgan fingerprint density at radius 3 is 2.86 bits per heavy atom. The summed E-state index contributed by atoms with van der Waals surface area (Å²) in [5.41, 5.74) is 5.00. The summed E-state index contributed by atoms with van der Waals surface area (Å²) in [7, 11) is 0. The number of aryl methyl sites for hydroxylation is 2. The Labute approximate surface area is 172 Å². The summed E-state index contributed by atoms with van der Waals surface area (Å²) in [5, 5.41) is 0. The number of carbonyl (C=O) groups is 1. The molecule has 0 aromatic heterocycles. The molecule has 0 saturated carbocycles. The van der Waals surface area contributed by atoms with E-state index >= 15 is 0 Å². The Balaban J connectivity index is 1.60. The van der Waals surface area contributed by atoms with Crippen LogP contribution < -0.4 is 9.64 Å². The van der Waals surface area contributed by atoms with Gasteiger partial charge in [0.15, 0.2) is 0 Å². The van der Waals surface area contributed by atoms with E-state index in [1.165, 1.54) is 11.1 Å². The first-order chi connectivity index (χ1) is 14.1. The van der Waals surface area contributed by atoms with Gasteiger partial charge in [0.1, 0.15) is 17.8 Å². The molecule has 0 bridgehead atoms. The fourth-order valence-electron chi connectivity index (χ4n) is 5.18. The molecule has 2 aromatic carbocycles. The molecule has 152 valence electrons. The number of amides is 1. The number of unbranched alkanes of at least 4 members (excludes halogenated alkanes) is 1. The lowest BCUT2D eigenvalue weighted by molar-refractivity contribution is -0.122. The summed E-state index contributed by atoms with van der Waals surface area (Å²) in [5.74, 6) is 1.00. The van der Waals surface area contributed by atoms with E-state index in [-0.39, 0.29) is 12.0 Å². The first kappa shape index (κ1) is 18.7. The van der Waals surface area contributed by atoms with Crippen LogP contribution in [-0.4, -0.2) is 31.8 Å². The van der Waals surface area contributed by atoms with Crippen LogP contribution in [-0.2, 0) is 21.4 Å². The van der Waals surface area contributed by atoms with Gasteiger partial charge >= 0.3 is 0 Å². The van der Waals surface area contributed by atoms with E-state index in [2.05, 4.69) is 38.1 Å². The molecule has 2 unspecified atom stereocenters. The van der Waals surface area contributed by atoms with Gasteiger partial charge in [-0.3, -0.25) is 4.79 Å². The zero-order chi connectivity index (χ0) is 20.0. The minimum absolute atomic E-state index is 0.127. The highest BCUT2D eigenvalue weighted by molar-refractivity contribution is 6.11. The van der Waals surface area contributed by atoms with Crippen LogP contribution in [0.2, 0.25) is 0 Å². The molecule has 4 nitrogen and oxygen atoms in total. The van der Waals surface area contributed by atoms with Crippen molar-refractivity contribution in [3.63, 3.8) is 0 Å². The summed E-state index contributed by atoms with van der Waals surface area (Å²) >= 11 is 0. The Hall–Kier alpha value is -2.33. The standard InChI is InChI=1S/C25H29NO3/c1-3-4-8-18-14-21-23(13-17(18)2)29-16-25(21)20-10-5-6-11-22(20)26(24(25)27)15-19-9-7-12-28-19/h5-6,10-11,13-14,19H,3-4,7-9,12,15-16H2,1-2H3. The van der Waals surface area contributed by atoms with E-state index in [1.54, 1.807) is 0 Å². The Bertz CT molecular complexity index is 947. The molecule has 2 aromatic rings. The highest BCUT2D eigenvalue weighted by atomic mass is 16.5. The van der Waals surface area contributed by atoms with Crippen LogP contribution in [0.3, 0.4) is 0 Å². The van der Waals surface area contributed by atoms with Gasteiger partial charge in [-0.15, -0.1) is 0 Å². The third kappa shape index (κ3) is 2.80. The maximum Gasteiger partial charge on any atom is 0.245 e. The Kier molecular flexibility index (Phi) is 4.62. The number of ether oxygens (including phenoxy) is 2. The van der Waals surface area contributed by atoms with Crippen molar-refractivity contribution >= 4 is 11.6 Å². The number of anilines is 1. The van der Waals surface area contributed by atoms with Gasteiger partial charge in [-0.1, -0.05) is 37.6 Å². The number of hydrogen-bond donors (Lipinski definition) is 0. The number of nitrogens with zero attached hydrogens (tertiary/aromatic N) is 1. The number of carbonyl (C=O) groups excluding carboxylic acids is 1. The Morgan fingerprint density at radius 2 is 2.07 bits per heavy atom. The van der Waals surface area contributed by atoms with Crippen molar-refractivity contribution in [2.24, 2.45) is 0 Å². The lowest BCUT2D eigenvalue weighted by Crippen LogP contribution is -2.45. The predicted molar refractivity (Wildman–Crippen MR) is 114 cm³/mol. The lowest BCUT2D eigenvalue weighted by atomic mass is 9.76. The first-order valence-electron chi connectivity index (χ1n) is 10.9. The van der Waals surface area contributed by atoms with Gasteiger partial charge in [-0.2, -0.15) is 0 Å². The minimum Gasteiger partial charge on any atom is -0.491 e. The molecule has 5 rings (SSSR count). The number of rotatable bonds is 5. The second-order valence-corrected chi connectivity index (χ2v) is 8.64. The van der Waals surface area contributed by atoms with Crippen LogP contribution >= 0.6 is 0 Å². The highest BCUT2D eigenvalue weighted by Gasteiger charge is 2.57. The van der Waals surface area contributed by atoms with E-state index < -0.39 is 5.41 Å². The smallest absolute Gasteiger partial charge is 0.245 e. The summed E-state index contributed by atoms with van der Waals surface area (Å²) in [4.78, 5) is 15.9. The van der Waals surface area contributed by atoms with E-state index in [9.17, 15) is 4.79 Å². The van der Waals surface area contributed by atoms with Gasteiger partial charge in [0.25, 0.3) is 0 Å². The van der Waals surface area contributed by atoms with Gasteiger partial charge in [0, 0.05) is 17.9 Å². The van der Waals surface area contributed by atoms with Crippen molar-refractivity contribution in [2.45, 2.75) is 57.5 Å². The number of para-hydroxylation sites is 1. The molecule has 3 heterocycles. The van der Waals surface area contributed by atoms with E-state index in [1.807, 2.05) is 17.0 Å². The summed E-state index contributed by atoms with van der Waals surface area (Å²) in [6.45, 7) is 6.17. The highest BCUT2D eigenvalue weighted by Crippen LogP contribution is 2.53. The molecule has 1 saturated heterocycles. The average molecular weight is 392 g/mol. The maximum atomic E-state index is 13.9. The van der Waals surface area contributed by atoms with Gasteiger partial charge in [-0.05, 0) is 61.4 Å². The fraction of sp³-hybridized carbons (Fsp3) is 0.480. The van der Waals surface area contributed by atoms with E-state index in [0.717, 1.165) is 61.3 Å². The van der Waals surface area contributed by atoms with Gasteiger partial charge < -0.3 is 14.4 Å². The van der Waals surface area contributed by atoms with Crippen molar-refractivity contribution in [3.8, 4) is 5.75 Å². The largest absolute Gasteiger partial charge is 0.491 e. The predicted octanol–water partition coefficient (Wildman–Crippen LogP) is 4.54. The molecule has 1 spiro atoms. The second-order valence-electron chi connectivity index (χ2n) is 8.64. The third-order valence-electron chi connectivity index (χ3n) is 6.82. The third-order valence-corrected chi connectivity index (χ3v) is 6.82. The Morgan fingerprint density at radius 1 is 1.21 bits per heavy atom. The first-order valence-corrected chi connectivity index (χ1v) is 10.9. The summed E-state index contributed by atoms with van der Waals surface area (Å²) < 4.78 is 12.0. The van der Waals surface area contributed by atoms with Crippen molar-refractivity contribution in [1.29, 1.82) is 0 Å². The van der Waals surface area contributed by atoms with Crippen LogP contribution in [0.1, 0.15) is 54.9 Å². The molecule has 4 heteroatoms. The zero-order valence-corrected chi connectivity index (χ0v) is 17.4. The van der Waals surface area contributed by atoms with Crippen LogP contribution in [0.5, 0.6) is 5.75 Å². The second kappa shape index (κ2) is 7.17. The molecule has 3 aliphatic rings. The normalized spacial score (nSPS) is 24.8. The van der Waals surface area contributed by atoms with Crippen molar-refractivity contribution in [3.05, 3.63) is 58.7 Å². The molecule has 0 aliphatic carbocycles. The van der Waals surface area contributed by atoms with Gasteiger partial charge in [-0.25, -0.2) is 0 Å². The number of hydrogen-bond acceptors (Lipinski definition) is 3. The molecule has 0 radical (unpaired) electrons. The molecule has 3 aliphatic heterocycles. The summed E-state index contributed by atoms with van der Waals surface area (Å²) in [6, 6.07) is 12.6. The van der Waals surface area contributed by atoms with Crippen LogP contribution in [0, 0.1) is 6.92 Å². The average Bonchev–Trinajstić information content (AvgIpc) is 3.43. The molecular formula is C25H29NO3. The number of benzene rings is 2. The van der Waals surface area contributed by atoms with Crippen LogP contribution in [0.15, 0.2) is 36.4 Å². The molecule has 1 fully saturated rings. The van der Waals surface area contributed by atoms with Crippen molar-refractivity contribution in [2.75, 3.05) is 24.7 Å². The lowest BCUT2D eigenvalue weighted by Gasteiger charge is -2.25.